The van der Waals surface area contributed by atoms with E-state index < -0.39 is 0 Å². The minimum absolute atomic E-state index is 0.236. The number of nitrogens with one attached hydrogen (secondary N) is 1. The lowest BCUT2D eigenvalue weighted by Crippen LogP contribution is -2.63. The Morgan fingerprint density at radius 1 is 1.06 bits per heavy atom. The van der Waals surface area contributed by atoms with Gasteiger partial charge in [0.15, 0.2) is 0 Å². The van der Waals surface area contributed by atoms with Crippen LogP contribution in [0.2, 0.25) is 0 Å². The van der Waals surface area contributed by atoms with Crippen LogP contribution in [0.3, 0.4) is 0 Å². The zero-order chi connectivity index (χ0) is 12.2. The van der Waals surface area contributed by atoms with Crippen LogP contribution in [0.4, 0.5) is 0 Å². The fraction of sp³-hybridized carbons (Fsp3) is 1.00. The van der Waals surface area contributed by atoms with Gasteiger partial charge in [-0.05, 0) is 50.9 Å². The summed E-state index contributed by atoms with van der Waals surface area (Å²) in [7, 11) is 0. The lowest BCUT2D eigenvalue weighted by molar-refractivity contribution is -0.0365. The van der Waals surface area contributed by atoms with E-state index in [1.165, 1.54) is 25.8 Å². The van der Waals surface area contributed by atoms with Crippen LogP contribution in [0.1, 0.15) is 60.8 Å². The molecule has 2 aliphatic rings. The van der Waals surface area contributed by atoms with Crippen molar-refractivity contribution in [1.82, 2.24) is 10.4 Å². The highest BCUT2D eigenvalue weighted by atomic mass is 15.6. The third-order valence-corrected chi connectivity index (χ3v) is 4.25. The molecule has 1 unspecified atom stereocenters. The van der Waals surface area contributed by atoms with E-state index in [0.717, 1.165) is 0 Å². The molecule has 2 rings (SSSR count). The van der Waals surface area contributed by atoms with E-state index in [1.807, 2.05) is 0 Å². The number of rotatable bonds is 0. The Morgan fingerprint density at radius 2 is 1.62 bits per heavy atom. The molecule has 1 atom stereocenters. The van der Waals surface area contributed by atoms with E-state index in [0.29, 0.717) is 16.9 Å². The first-order valence-electron chi connectivity index (χ1n) is 6.66. The third-order valence-electron chi connectivity index (χ3n) is 4.25. The Bertz CT molecular complexity index is 241. The molecule has 0 aromatic carbocycles. The number of nitrogens with zero attached hydrogens (tertiary/aromatic N) is 1. The molecule has 1 saturated heterocycles. The Morgan fingerprint density at radius 3 is 2.00 bits per heavy atom. The standard InChI is InChI=1S/C14H28N2/c1-12(2,3)11-9-14(7-8-14)10-16(15-11)13(4,5)6/h11,15H,7-10H2,1-6H3. The van der Waals surface area contributed by atoms with Crippen molar-refractivity contribution in [3.63, 3.8) is 0 Å². The van der Waals surface area contributed by atoms with Gasteiger partial charge in [0, 0.05) is 18.1 Å². The van der Waals surface area contributed by atoms with Crippen LogP contribution in [-0.2, 0) is 0 Å². The molecule has 16 heavy (non-hydrogen) atoms. The summed E-state index contributed by atoms with van der Waals surface area (Å²) in [4.78, 5) is 0. The Balaban J connectivity index is 2.14. The number of hydrogen-bond donors (Lipinski definition) is 1. The molecule has 94 valence electrons. The van der Waals surface area contributed by atoms with E-state index in [-0.39, 0.29) is 5.54 Å². The molecule has 1 saturated carbocycles. The minimum Gasteiger partial charge on any atom is -0.251 e. The summed E-state index contributed by atoms with van der Waals surface area (Å²) in [5.41, 5.74) is 5.01. The summed E-state index contributed by atoms with van der Waals surface area (Å²) in [5.74, 6) is 0. The van der Waals surface area contributed by atoms with E-state index in [9.17, 15) is 0 Å². The van der Waals surface area contributed by atoms with E-state index in [4.69, 9.17) is 0 Å². The lowest BCUT2D eigenvalue weighted by atomic mass is 9.78. The van der Waals surface area contributed by atoms with Gasteiger partial charge >= 0.3 is 0 Å². The molecule has 0 aromatic heterocycles. The maximum Gasteiger partial charge on any atom is 0.0270 e. The van der Waals surface area contributed by atoms with Crippen LogP contribution in [0.5, 0.6) is 0 Å². The van der Waals surface area contributed by atoms with Gasteiger partial charge in [-0.15, -0.1) is 0 Å². The summed E-state index contributed by atoms with van der Waals surface area (Å²) in [6, 6.07) is 0.628. The normalized spacial score (nSPS) is 30.8. The van der Waals surface area contributed by atoms with Gasteiger partial charge in [-0.3, -0.25) is 5.43 Å². The summed E-state index contributed by atoms with van der Waals surface area (Å²) >= 11 is 0. The highest BCUT2D eigenvalue weighted by Gasteiger charge is 2.51. The highest BCUT2D eigenvalue weighted by molar-refractivity contribution is 5.04. The molecule has 1 spiro atoms. The molecule has 1 aliphatic carbocycles. The maximum atomic E-state index is 3.76. The minimum atomic E-state index is 0.236. The molecule has 1 aliphatic heterocycles. The van der Waals surface area contributed by atoms with Crippen molar-refractivity contribution in [2.75, 3.05) is 6.54 Å². The second kappa shape index (κ2) is 3.46. The van der Waals surface area contributed by atoms with Gasteiger partial charge in [0.25, 0.3) is 0 Å². The highest BCUT2D eigenvalue weighted by Crippen LogP contribution is 2.54. The van der Waals surface area contributed by atoms with Gasteiger partial charge in [0.2, 0.25) is 0 Å². The van der Waals surface area contributed by atoms with Crippen molar-refractivity contribution < 1.29 is 0 Å². The van der Waals surface area contributed by atoms with Crippen molar-refractivity contribution >= 4 is 0 Å². The second-order valence-electron chi connectivity index (χ2n) is 8.01. The predicted molar refractivity (Wildman–Crippen MR) is 69.1 cm³/mol. The van der Waals surface area contributed by atoms with Crippen molar-refractivity contribution in [2.24, 2.45) is 10.8 Å². The third kappa shape index (κ3) is 2.43. The average Bonchev–Trinajstić information content (AvgIpc) is 2.81. The fourth-order valence-corrected chi connectivity index (χ4v) is 2.58. The van der Waals surface area contributed by atoms with Crippen LogP contribution in [0, 0.1) is 10.8 Å². The first-order chi connectivity index (χ1) is 7.12. The molecule has 0 radical (unpaired) electrons. The maximum absolute atomic E-state index is 3.76. The van der Waals surface area contributed by atoms with Crippen LogP contribution < -0.4 is 5.43 Å². The molecule has 2 fully saturated rings. The van der Waals surface area contributed by atoms with Crippen molar-refractivity contribution in [2.45, 2.75) is 72.4 Å². The molecule has 0 aromatic rings. The molecule has 2 heteroatoms. The SMILES string of the molecule is CC(C)(C)C1CC2(CC2)CN(C(C)(C)C)N1. The molecular weight excluding hydrogens is 196 g/mol. The van der Waals surface area contributed by atoms with Gasteiger partial charge in [-0.1, -0.05) is 20.8 Å². The van der Waals surface area contributed by atoms with E-state index >= 15 is 0 Å². The fourth-order valence-electron chi connectivity index (χ4n) is 2.58. The molecule has 2 nitrogen and oxygen atoms in total. The smallest absolute Gasteiger partial charge is 0.0270 e. The van der Waals surface area contributed by atoms with Crippen molar-refractivity contribution in [1.29, 1.82) is 0 Å². The molecule has 1 N–H and O–H groups in total. The number of hydrazine groups is 1. The average molecular weight is 224 g/mol. The Kier molecular flexibility index (Phi) is 2.67. The lowest BCUT2D eigenvalue weighted by Gasteiger charge is -2.49. The first kappa shape index (κ1) is 12.4. The van der Waals surface area contributed by atoms with E-state index in [2.05, 4.69) is 52.0 Å². The summed E-state index contributed by atoms with van der Waals surface area (Å²) in [6.07, 6.45) is 4.24. The zero-order valence-corrected chi connectivity index (χ0v) is 11.9. The summed E-state index contributed by atoms with van der Waals surface area (Å²) < 4.78 is 0. The van der Waals surface area contributed by atoms with Crippen LogP contribution in [0.25, 0.3) is 0 Å². The topological polar surface area (TPSA) is 15.3 Å². The first-order valence-corrected chi connectivity index (χ1v) is 6.66. The molecular formula is C14H28N2. The van der Waals surface area contributed by atoms with Gasteiger partial charge < -0.3 is 0 Å². The summed E-state index contributed by atoms with van der Waals surface area (Å²) in [6.45, 7) is 15.2. The van der Waals surface area contributed by atoms with Crippen molar-refractivity contribution in [3.05, 3.63) is 0 Å². The molecule has 1 heterocycles. The van der Waals surface area contributed by atoms with Crippen LogP contribution in [-0.4, -0.2) is 23.1 Å². The zero-order valence-electron chi connectivity index (χ0n) is 11.9. The molecule has 0 bridgehead atoms. The monoisotopic (exact) mass is 224 g/mol. The quantitative estimate of drug-likeness (QED) is 0.680. The van der Waals surface area contributed by atoms with E-state index in [1.54, 1.807) is 0 Å². The Labute approximate surface area is 101 Å². The van der Waals surface area contributed by atoms with Gasteiger partial charge in [0.1, 0.15) is 0 Å². The van der Waals surface area contributed by atoms with Crippen molar-refractivity contribution in [3.8, 4) is 0 Å². The molecule has 0 amide bonds. The second-order valence-corrected chi connectivity index (χ2v) is 8.01. The van der Waals surface area contributed by atoms with Gasteiger partial charge in [0.05, 0.1) is 0 Å². The largest absolute Gasteiger partial charge is 0.251 e. The predicted octanol–water partition coefficient (Wildman–Crippen LogP) is 3.19. The van der Waals surface area contributed by atoms with Crippen LogP contribution >= 0.6 is 0 Å². The van der Waals surface area contributed by atoms with Gasteiger partial charge in [-0.2, -0.15) is 0 Å². The number of hydrogen-bond acceptors (Lipinski definition) is 2. The Hall–Kier alpha value is -0.0800. The van der Waals surface area contributed by atoms with Gasteiger partial charge in [-0.25, -0.2) is 5.01 Å². The summed E-state index contributed by atoms with van der Waals surface area (Å²) in [5, 5.41) is 2.49. The van der Waals surface area contributed by atoms with Crippen LogP contribution in [0.15, 0.2) is 0 Å².